The van der Waals surface area contributed by atoms with Crippen LogP contribution in [0.5, 0.6) is 0 Å². The Kier molecular flexibility index (Phi) is 2.97. The van der Waals surface area contributed by atoms with Crippen molar-refractivity contribution >= 4 is 44.4 Å². The lowest BCUT2D eigenvalue weighted by molar-refractivity contribution is 0.0697. The molecule has 90 valence electrons. The van der Waals surface area contributed by atoms with Gasteiger partial charge in [0.25, 0.3) is 5.91 Å². The van der Waals surface area contributed by atoms with Crippen LogP contribution in [-0.4, -0.2) is 16.8 Å². The molecule has 3 rings (SSSR count). The summed E-state index contributed by atoms with van der Waals surface area (Å²) >= 11 is 5.76. The van der Waals surface area contributed by atoms with Crippen LogP contribution in [0.4, 0.5) is 0 Å². The minimum absolute atomic E-state index is 0.219. The third-order valence-electron chi connectivity index (χ3n) is 3.75. The summed E-state index contributed by atoms with van der Waals surface area (Å²) in [7, 11) is 0. The predicted octanol–water partition coefficient (Wildman–Crippen LogP) is 3.81. The van der Waals surface area contributed by atoms with Gasteiger partial charge < -0.3 is 4.90 Å². The van der Waals surface area contributed by atoms with E-state index < -0.39 is 0 Å². The summed E-state index contributed by atoms with van der Waals surface area (Å²) in [4.78, 5) is 14.4. The number of carbonyl (C=O) groups excluding carboxylic acids is 1. The summed E-state index contributed by atoms with van der Waals surface area (Å²) in [6.45, 7) is 2.96. The first kappa shape index (κ1) is 12.0. The Bertz CT molecular complexity index is 498. The summed E-state index contributed by atoms with van der Waals surface area (Å²) in [5.74, 6) is 0.950. The van der Waals surface area contributed by atoms with Crippen molar-refractivity contribution in [2.75, 3.05) is 0 Å². The van der Waals surface area contributed by atoms with Crippen molar-refractivity contribution in [2.45, 2.75) is 32.4 Å². The fourth-order valence-corrected chi connectivity index (χ4v) is 4.40. The zero-order chi connectivity index (χ0) is 12.2. The molecule has 1 aliphatic carbocycles. The zero-order valence-electron chi connectivity index (χ0n) is 9.54. The van der Waals surface area contributed by atoms with Crippen molar-refractivity contribution in [3.8, 4) is 0 Å². The third kappa shape index (κ3) is 2.03. The van der Waals surface area contributed by atoms with Gasteiger partial charge >= 0.3 is 0 Å². The molecular weight excluding hydrogens is 393 g/mol. The van der Waals surface area contributed by atoms with Crippen molar-refractivity contribution < 1.29 is 4.79 Å². The molecule has 0 aromatic heterocycles. The third-order valence-corrected chi connectivity index (χ3v) is 5.06. The first-order valence-corrected chi connectivity index (χ1v) is 7.74. The van der Waals surface area contributed by atoms with E-state index in [1.165, 1.54) is 18.4 Å². The summed E-state index contributed by atoms with van der Waals surface area (Å²) in [5, 5.41) is 0. The molecule has 0 bridgehead atoms. The second-order valence-corrected chi connectivity index (χ2v) is 7.01. The molecule has 4 heteroatoms. The van der Waals surface area contributed by atoms with Gasteiger partial charge in [0.2, 0.25) is 0 Å². The Hall–Kier alpha value is -0.100. The number of carbonyl (C=O) groups is 1. The van der Waals surface area contributed by atoms with Crippen LogP contribution in [0.2, 0.25) is 0 Å². The largest absolute Gasteiger partial charge is 0.331 e. The molecule has 1 saturated carbocycles. The minimum Gasteiger partial charge on any atom is -0.331 e. The van der Waals surface area contributed by atoms with Gasteiger partial charge in [-0.2, -0.15) is 0 Å². The SMILES string of the molecule is C[C@@H](C1CC1)N1Cc2cc(Br)cc(I)c2C1=O. The molecular formula is C13H13BrINO. The highest BCUT2D eigenvalue weighted by Gasteiger charge is 2.39. The van der Waals surface area contributed by atoms with Crippen LogP contribution in [0, 0.1) is 9.49 Å². The van der Waals surface area contributed by atoms with E-state index in [-0.39, 0.29) is 5.91 Å². The maximum Gasteiger partial charge on any atom is 0.255 e. The molecule has 0 saturated heterocycles. The molecule has 1 amide bonds. The number of fused-ring (bicyclic) bond motifs is 1. The van der Waals surface area contributed by atoms with E-state index in [0.29, 0.717) is 6.04 Å². The summed E-state index contributed by atoms with van der Waals surface area (Å²) < 4.78 is 2.12. The smallest absolute Gasteiger partial charge is 0.255 e. The molecule has 0 unspecified atom stereocenters. The molecule has 1 atom stereocenters. The van der Waals surface area contributed by atoms with Crippen LogP contribution < -0.4 is 0 Å². The number of amides is 1. The predicted molar refractivity (Wildman–Crippen MR) is 78.9 cm³/mol. The number of hydrogen-bond donors (Lipinski definition) is 0. The average Bonchev–Trinajstić information content (AvgIpc) is 3.03. The Balaban J connectivity index is 1.96. The van der Waals surface area contributed by atoms with Crippen LogP contribution >= 0.6 is 38.5 Å². The van der Waals surface area contributed by atoms with E-state index in [9.17, 15) is 4.79 Å². The molecule has 1 fully saturated rings. The maximum absolute atomic E-state index is 12.4. The van der Waals surface area contributed by atoms with Gasteiger partial charge in [0.15, 0.2) is 0 Å². The number of nitrogens with zero attached hydrogens (tertiary/aromatic N) is 1. The highest BCUT2D eigenvalue weighted by atomic mass is 127. The molecule has 1 aliphatic heterocycles. The minimum atomic E-state index is 0.219. The van der Waals surface area contributed by atoms with Gasteiger partial charge in [-0.25, -0.2) is 0 Å². The number of benzene rings is 1. The lowest BCUT2D eigenvalue weighted by Gasteiger charge is -2.23. The Morgan fingerprint density at radius 3 is 2.82 bits per heavy atom. The van der Waals surface area contributed by atoms with E-state index in [0.717, 1.165) is 26.1 Å². The van der Waals surface area contributed by atoms with Gasteiger partial charge in [-0.3, -0.25) is 4.79 Å². The normalized spacial score (nSPS) is 20.6. The van der Waals surface area contributed by atoms with Gasteiger partial charge in [-0.15, -0.1) is 0 Å². The average molecular weight is 406 g/mol. The highest BCUT2D eigenvalue weighted by Crippen LogP contribution is 2.39. The Morgan fingerprint density at radius 2 is 2.18 bits per heavy atom. The second kappa shape index (κ2) is 4.23. The summed E-state index contributed by atoms with van der Waals surface area (Å²) in [6.07, 6.45) is 2.56. The molecule has 2 aliphatic rings. The molecule has 0 spiro atoms. The molecule has 2 nitrogen and oxygen atoms in total. The van der Waals surface area contributed by atoms with Crippen LogP contribution in [0.1, 0.15) is 35.7 Å². The van der Waals surface area contributed by atoms with Crippen LogP contribution in [0.15, 0.2) is 16.6 Å². The van der Waals surface area contributed by atoms with Crippen molar-refractivity contribution in [3.63, 3.8) is 0 Å². The lowest BCUT2D eigenvalue weighted by atomic mass is 10.1. The molecule has 17 heavy (non-hydrogen) atoms. The number of rotatable bonds is 2. The monoisotopic (exact) mass is 405 g/mol. The second-order valence-electron chi connectivity index (χ2n) is 4.93. The van der Waals surface area contributed by atoms with E-state index in [2.05, 4.69) is 51.5 Å². The van der Waals surface area contributed by atoms with Crippen molar-refractivity contribution in [3.05, 3.63) is 31.3 Å². The highest BCUT2D eigenvalue weighted by molar-refractivity contribution is 14.1. The standard InChI is InChI=1S/C13H13BrINO/c1-7(8-2-3-8)16-6-9-4-10(14)5-11(15)12(9)13(16)17/h4-5,7-8H,2-3,6H2,1H3/t7-/m0/s1. The van der Waals surface area contributed by atoms with Crippen LogP contribution in [0.25, 0.3) is 0 Å². The Labute approximate surface area is 123 Å². The molecule has 0 radical (unpaired) electrons. The van der Waals surface area contributed by atoms with Crippen LogP contribution in [0.3, 0.4) is 0 Å². The zero-order valence-corrected chi connectivity index (χ0v) is 13.3. The molecule has 1 heterocycles. The van der Waals surface area contributed by atoms with E-state index in [1.807, 2.05) is 11.0 Å². The van der Waals surface area contributed by atoms with Gasteiger partial charge in [0.1, 0.15) is 0 Å². The van der Waals surface area contributed by atoms with Crippen LogP contribution in [-0.2, 0) is 6.54 Å². The lowest BCUT2D eigenvalue weighted by Crippen LogP contribution is -2.34. The van der Waals surface area contributed by atoms with Gasteiger partial charge in [0, 0.05) is 20.6 Å². The van der Waals surface area contributed by atoms with Gasteiger partial charge in [-0.05, 0) is 66.0 Å². The van der Waals surface area contributed by atoms with Crippen molar-refractivity contribution in [2.24, 2.45) is 5.92 Å². The van der Waals surface area contributed by atoms with Crippen molar-refractivity contribution in [1.82, 2.24) is 4.90 Å². The van der Waals surface area contributed by atoms with Gasteiger partial charge in [-0.1, -0.05) is 15.9 Å². The molecule has 0 N–H and O–H groups in total. The molecule has 1 aromatic rings. The fraction of sp³-hybridized carbons (Fsp3) is 0.462. The van der Waals surface area contributed by atoms with E-state index in [4.69, 9.17) is 0 Å². The maximum atomic E-state index is 12.4. The first-order valence-electron chi connectivity index (χ1n) is 5.87. The number of halogens is 2. The fourth-order valence-electron chi connectivity index (χ4n) is 2.55. The Morgan fingerprint density at radius 1 is 1.47 bits per heavy atom. The summed E-state index contributed by atoms with van der Waals surface area (Å²) in [6, 6.07) is 4.49. The number of hydrogen-bond acceptors (Lipinski definition) is 1. The van der Waals surface area contributed by atoms with Gasteiger partial charge in [0.05, 0.1) is 5.56 Å². The quantitative estimate of drug-likeness (QED) is 0.685. The van der Waals surface area contributed by atoms with E-state index >= 15 is 0 Å². The summed E-state index contributed by atoms with van der Waals surface area (Å²) in [5.41, 5.74) is 2.09. The first-order chi connectivity index (χ1) is 8.08. The molecule has 1 aromatic carbocycles. The van der Waals surface area contributed by atoms with E-state index in [1.54, 1.807) is 0 Å². The van der Waals surface area contributed by atoms with Crippen molar-refractivity contribution in [1.29, 1.82) is 0 Å². The topological polar surface area (TPSA) is 20.3 Å².